The van der Waals surface area contributed by atoms with Crippen LogP contribution in [-0.2, 0) is 0 Å². The first-order valence-corrected chi connectivity index (χ1v) is 10.1. The summed E-state index contributed by atoms with van der Waals surface area (Å²) in [6, 6.07) is 6.12. The molecule has 0 aliphatic carbocycles. The summed E-state index contributed by atoms with van der Waals surface area (Å²) in [5.41, 5.74) is 4.11. The summed E-state index contributed by atoms with van der Waals surface area (Å²) in [5, 5.41) is 5.05. The summed E-state index contributed by atoms with van der Waals surface area (Å²) < 4.78 is 1.04. The minimum atomic E-state index is 0.0905. The second kappa shape index (κ2) is 7.72. The van der Waals surface area contributed by atoms with E-state index in [4.69, 9.17) is 0 Å². The second-order valence-corrected chi connectivity index (χ2v) is 7.78. The molecule has 0 saturated carbocycles. The first kappa shape index (κ1) is 18.8. The summed E-state index contributed by atoms with van der Waals surface area (Å²) in [6.07, 6.45) is 0. The van der Waals surface area contributed by atoms with E-state index in [0.29, 0.717) is 0 Å². The summed E-state index contributed by atoms with van der Waals surface area (Å²) in [6.45, 7) is 14.3. The molecule has 0 amide bonds. The lowest BCUT2D eigenvalue weighted by molar-refractivity contribution is 0.316. The molecule has 3 aromatic rings. The van der Waals surface area contributed by atoms with E-state index in [0.717, 1.165) is 69.0 Å². The van der Waals surface area contributed by atoms with Crippen molar-refractivity contribution < 1.29 is 0 Å². The number of anilines is 1. The molecule has 0 saturated heterocycles. The molecule has 26 heavy (non-hydrogen) atoms. The third-order valence-corrected chi connectivity index (χ3v) is 6.18. The normalized spacial score (nSPS) is 11.6. The van der Waals surface area contributed by atoms with Crippen molar-refractivity contribution in [1.29, 1.82) is 0 Å². The topological polar surface area (TPSA) is 45.2 Å². The van der Waals surface area contributed by atoms with Gasteiger partial charge in [-0.15, -0.1) is 11.3 Å². The van der Waals surface area contributed by atoms with Gasteiger partial charge in [-0.05, 0) is 57.1 Å². The number of pyridine rings is 1. The van der Waals surface area contributed by atoms with Crippen LogP contribution in [0.3, 0.4) is 0 Å². The van der Waals surface area contributed by atoms with E-state index in [-0.39, 0.29) is 5.43 Å². The molecule has 5 heteroatoms. The van der Waals surface area contributed by atoms with Crippen LogP contribution in [0.15, 0.2) is 23.0 Å². The highest BCUT2D eigenvalue weighted by Gasteiger charge is 2.15. The highest BCUT2D eigenvalue weighted by Crippen LogP contribution is 2.32. The number of rotatable bonds is 6. The summed E-state index contributed by atoms with van der Waals surface area (Å²) in [4.78, 5) is 21.1. The Balaban J connectivity index is 2.12. The number of hydrogen-bond acceptors (Lipinski definition) is 5. The highest BCUT2D eigenvalue weighted by atomic mass is 32.1. The summed E-state index contributed by atoms with van der Waals surface area (Å²) in [5.74, 6) is 0. The van der Waals surface area contributed by atoms with Crippen molar-refractivity contribution in [2.24, 2.45) is 0 Å². The van der Waals surface area contributed by atoms with Crippen LogP contribution in [0.2, 0.25) is 0 Å². The minimum Gasteiger partial charge on any atom is -0.383 e. The van der Waals surface area contributed by atoms with Crippen molar-refractivity contribution in [3.05, 3.63) is 45.2 Å². The number of fused-ring (bicyclic) bond motifs is 2. The Bertz CT molecular complexity index is 1010. The van der Waals surface area contributed by atoms with Crippen LogP contribution in [0.25, 0.3) is 20.3 Å². The lowest BCUT2D eigenvalue weighted by atomic mass is 10.1. The predicted octanol–water partition coefficient (Wildman–Crippen LogP) is 4.49. The zero-order chi connectivity index (χ0) is 18.8. The molecule has 1 N–H and O–H groups in total. The molecule has 0 radical (unpaired) electrons. The Morgan fingerprint density at radius 2 is 1.81 bits per heavy atom. The zero-order valence-electron chi connectivity index (χ0n) is 16.3. The Hall–Kier alpha value is -1.98. The Labute approximate surface area is 158 Å². The molecule has 2 heterocycles. The van der Waals surface area contributed by atoms with Crippen molar-refractivity contribution in [3.8, 4) is 0 Å². The molecule has 0 unspecified atom stereocenters. The van der Waals surface area contributed by atoms with Gasteiger partial charge in [0.05, 0.1) is 10.8 Å². The standard InChI is InChI=1S/C21H27N3OS/c1-6-24(7-2)11-10-22-16-9-8-13(3)20-18(16)19(25)17-14(4)12-15(5)23-21(17)26-20/h8-9,12,22H,6-7,10-11H2,1-5H3. The minimum absolute atomic E-state index is 0.0905. The van der Waals surface area contributed by atoms with E-state index < -0.39 is 0 Å². The van der Waals surface area contributed by atoms with E-state index in [2.05, 4.69) is 42.0 Å². The molecule has 0 bridgehead atoms. The number of nitrogens with one attached hydrogen (secondary N) is 1. The van der Waals surface area contributed by atoms with E-state index in [9.17, 15) is 4.79 Å². The molecular weight excluding hydrogens is 342 g/mol. The maximum absolute atomic E-state index is 13.3. The maximum Gasteiger partial charge on any atom is 0.199 e. The van der Waals surface area contributed by atoms with Gasteiger partial charge in [0.15, 0.2) is 5.43 Å². The van der Waals surface area contributed by atoms with Gasteiger partial charge in [-0.3, -0.25) is 4.79 Å². The molecular formula is C21H27N3OS. The van der Waals surface area contributed by atoms with Gasteiger partial charge in [-0.1, -0.05) is 19.9 Å². The van der Waals surface area contributed by atoms with Crippen molar-refractivity contribution in [1.82, 2.24) is 9.88 Å². The predicted molar refractivity (Wildman–Crippen MR) is 114 cm³/mol. The first-order valence-electron chi connectivity index (χ1n) is 9.26. The zero-order valence-corrected chi connectivity index (χ0v) is 17.1. The lowest BCUT2D eigenvalue weighted by Gasteiger charge is -2.19. The average Bonchev–Trinajstić information content (AvgIpc) is 2.60. The molecule has 0 aliphatic rings. The monoisotopic (exact) mass is 369 g/mol. The molecule has 0 atom stereocenters. The van der Waals surface area contributed by atoms with Crippen LogP contribution >= 0.6 is 11.3 Å². The molecule has 0 fully saturated rings. The maximum atomic E-state index is 13.3. The third-order valence-electron chi connectivity index (χ3n) is 4.96. The van der Waals surface area contributed by atoms with Crippen molar-refractivity contribution in [3.63, 3.8) is 0 Å². The Morgan fingerprint density at radius 3 is 2.50 bits per heavy atom. The second-order valence-electron chi connectivity index (χ2n) is 6.78. The van der Waals surface area contributed by atoms with Crippen molar-refractivity contribution in [2.45, 2.75) is 34.6 Å². The molecule has 0 aliphatic heterocycles. The van der Waals surface area contributed by atoms with Crippen LogP contribution in [0.5, 0.6) is 0 Å². The number of likely N-dealkylation sites (N-methyl/N-ethyl adjacent to an activating group) is 1. The quantitative estimate of drug-likeness (QED) is 0.650. The molecule has 1 aromatic carbocycles. The molecule has 2 aromatic heterocycles. The van der Waals surface area contributed by atoms with Crippen LogP contribution in [0.1, 0.15) is 30.7 Å². The largest absolute Gasteiger partial charge is 0.383 e. The number of aromatic nitrogens is 1. The van der Waals surface area contributed by atoms with Crippen LogP contribution in [-0.4, -0.2) is 36.1 Å². The lowest BCUT2D eigenvalue weighted by Crippen LogP contribution is -2.28. The number of hydrogen-bond donors (Lipinski definition) is 1. The van der Waals surface area contributed by atoms with E-state index in [1.807, 2.05) is 26.0 Å². The van der Waals surface area contributed by atoms with Gasteiger partial charge in [-0.2, -0.15) is 0 Å². The SMILES string of the molecule is CCN(CC)CCNc1ccc(C)c2sc3nc(C)cc(C)c3c(=O)c12. The molecule has 0 spiro atoms. The van der Waals surface area contributed by atoms with Crippen molar-refractivity contribution >= 4 is 37.3 Å². The molecule has 138 valence electrons. The van der Waals surface area contributed by atoms with Crippen LogP contribution < -0.4 is 10.7 Å². The van der Waals surface area contributed by atoms with Gasteiger partial charge in [-0.25, -0.2) is 4.98 Å². The van der Waals surface area contributed by atoms with E-state index in [1.54, 1.807) is 11.3 Å². The van der Waals surface area contributed by atoms with Gasteiger partial charge in [0.1, 0.15) is 4.83 Å². The van der Waals surface area contributed by atoms with Crippen LogP contribution in [0, 0.1) is 20.8 Å². The van der Waals surface area contributed by atoms with Gasteiger partial charge in [0.25, 0.3) is 0 Å². The third kappa shape index (κ3) is 3.46. The van der Waals surface area contributed by atoms with E-state index in [1.165, 1.54) is 0 Å². The molecule has 4 nitrogen and oxygen atoms in total. The molecule has 3 rings (SSSR count). The fraction of sp³-hybridized carbons (Fsp3) is 0.429. The smallest absolute Gasteiger partial charge is 0.199 e. The van der Waals surface area contributed by atoms with Gasteiger partial charge >= 0.3 is 0 Å². The van der Waals surface area contributed by atoms with Gasteiger partial charge in [0, 0.05) is 29.2 Å². The highest BCUT2D eigenvalue weighted by molar-refractivity contribution is 7.24. The number of benzene rings is 1. The Kier molecular flexibility index (Phi) is 5.58. The Morgan fingerprint density at radius 1 is 1.08 bits per heavy atom. The number of aryl methyl sites for hydroxylation is 3. The van der Waals surface area contributed by atoms with E-state index >= 15 is 0 Å². The summed E-state index contributed by atoms with van der Waals surface area (Å²) >= 11 is 1.62. The fourth-order valence-corrected chi connectivity index (χ4v) is 4.73. The van der Waals surface area contributed by atoms with Gasteiger partial charge < -0.3 is 10.2 Å². The van der Waals surface area contributed by atoms with Crippen molar-refractivity contribution in [2.75, 3.05) is 31.5 Å². The average molecular weight is 370 g/mol. The van der Waals surface area contributed by atoms with Crippen LogP contribution in [0.4, 0.5) is 5.69 Å². The first-order chi connectivity index (χ1) is 12.5. The fourth-order valence-electron chi connectivity index (χ4n) is 3.45. The summed E-state index contributed by atoms with van der Waals surface area (Å²) in [7, 11) is 0. The number of nitrogens with zero attached hydrogens (tertiary/aromatic N) is 2. The van der Waals surface area contributed by atoms with Gasteiger partial charge in [0.2, 0.25) is 0 Å².